The maximum Gasteiger partial charge on any atom is 0.241 e. The van der Waals surface area contributed by atoms with Crippen molar-refractivity contribution in [3.05, 3.63) is 30.3 Å². The Balaban J connectivity index is 1.61. The molecule has 20 heavy (non-hydrogen) atoms. The van der Waals surface area contributed by atoms with Crippen LogP contribution in [0.15, 0.2) is 30.3 Å². The number of anilines is 1. The van der Waals surface area contributed by atoms with Crippen LogP contribution in [-0.4, -0.2) is 50.1 Å². The molecule has 2 aliphatic rings. The number of carbonyl (C=O) groups excluding carboxylic acids is 1. The second kappa shape index (κ2) is 5.94. The first-order valence-electron chi connectivity index (χ1n) is 7.56. The third-order valence-electron chi connectivity index (χ3n) is 4.51. The van der Waals surface area contributed by atoms with E-state index in [4.69, 9.17) is 0 Å². The van der Waals surface area contributed by atoms with Crippen LogP contribution in [0.4, 0.5) is 5.69 Å². The Kier molecular flexibility index (Phi) is 4.03. The molecule has 1 amide bonds. The summed E-state index contributed by atoms with van der Waals surface area (Å²) in [7, 11) is 0. The number of carbonyl (C=O) groups is 1. The van der Waals surface area contributed by atoms with Gasteiger partial charge in [-0.3, -0.25) is 9.69 Å². The molecule has 1 aromatic rings. The Morgan fingerprint density at radius 3 is 2.50 bits per heavy atom. The molecule has 2 heterocycles. The molecule has 0 saturated carbocycles. The van der Waals surface area contributed by atoms with E-state index in [2.05, 4.69) is 10.2 Å². The summed E-state index contributed by atoms with van der Waals surface area (Å²) in [6, 6.07) is 9.96. The smallest absolute Gasteiger partial charge is 0.241 e. The van der Waals surface area contributed by atoms with Crippen LogP contribution >= 0.6 is 0 Å². The highest BCUT2D eigenvalue weighted by atomic mass is 16.2. The number of amides is 1. The van der Waals surface area contributed by atoms with E-state index in [-0.39, 0.29) is 5.91 Å². The minimum absolute atomic E-state index is 0.214. The molecule has 0 unspecified atom stereocenters. The van der Waals surface area contributed by atoms with Crippen LogP contribution in [-0.2, 0) is 4.79 Å². The summed E-state index contributed by atoms with van der Waals surface area (Å²) in [4.78, 5) is 16.7. The van der Waals surface area contributed by atoms with Gasteiger partial charge in [0.05, 0.1) is 6.54 Å². The zero-order chi connectivity index (χ0) is 13.9. The van der Waals surface area contributed by atoms with E-state index in [1.54, 1.807) is 0 Å². The van der Waals surface area contributed by atoms with Gasteiger partial charge >= 0.3 is 0 Å². The van der Waals surface area contributed by atoms with Gasteiger partial charge in [-0.2, -0.15) is 0 Å². The molecule has 4 nitrogen and oxygen atoms in total. The Bertz CT molecular complexity index is 450. The van der Waals surface area contributed by atoms with Gasteiger partial charge < -0.3 is 10.2 Å². The molecule has 3 rings (SSSR count). The number of benzene rings is 1. The monoisotopic (exact) mass is 273 g/mol. The fourth-order valence-corrected chi connectivity index (χ4v) is 3.47. The highest BCUT2D eigenvalue weighted by molar-refractivity contribution is 5.94. The first-order chi connectivity index (χ1) is 9.78. The topological polar surface area (TPSA) is 35.6 Å². The molecule has 0 bridgehead atoms. The van der Waals surface area contributed by atoms with Crippen molar-refractivity contribution in [3.63, 3.8) is 0 Å². The summed E-state index contributed by atoms with van der Waals surface area (Å²) < 4.78 is 0. The standard InChI is InChI=1S/C16H23N3O/c1-2-19(15-6-4-3-5-7-15)16(20)12-18-10-13-8-17-9-14(13)11-18/h3-7,13-14,17H,2,8-12H2,1H3/t13-,14+. The number of rotatable bonds is 4. The SMILES string of the molecule is CCN(C(=O)CN1C[C@H]2CNC[C@H]2C1)c1ccccc1. The summed E-state index contributed by atoms with van der Waals surface area (Å²) in [6.07, 6.45) is 0. The Morgan fingerprint density at radius 2 is 1.90 bits per heavy atom. The minimum Gasteiger partial charge on any atom is -0.316 e. The molecule has 0 spiro atoms. The molecule has 2 fully saturated rings. The number of likely N-dealkylation sites (tertiary alicyclic amines) is 1. The fourth-order valence-electron chi connectivity index (χ4n) is 3.47. The summed E-state index contributed by atoms with van der Waals surface area (Å²) in [6.45, 7) is 7.68. The molecule has 1 aromatic carbocycles. The van der Waals surface area contributed by atoms with Gasteiger partial charge in [-0.05, 0) is 44.0 Å². The average Bonchev–Trinajstić information content (AvgIpc) is 3.01. The maximum absolute atomic E-state index is 12.5. The van der Waals surface area contributed by atoms with Crippen LogP contribution in [0.1, 0.15) is 6.92 Å². The van der Waals surface area contributed by atoms with Gasteiger partial charge in [-0.1, -0.05) is 18.2 Å². The molecule has 0 radical (unpaired) electrons. The average molecular weight is 273 g/mol. The molecule has 0 aliphatic carbocycles. The number of hydrogen-bond donors (Lipinski definition) is 1. The highest BCUT2D eigenvalue weighted by Gasteiger charge is 2.36. The Morgan fingerprint density at radius 1 is 1.25 bits per heavy atom. The van der Waals surface area contributed by atoms with E-state index in [0.717, 1.165) is 50.2 Å². The van der Waals surface area contributed by atoms with Gasteiger partial charge in [-0.15, -0.1) is 0 Å². The van der Waals surface area contributed by atoms with Crippen LogP contribution < -0.4 is 10.2 Å². The van der Waals surface area contributed by atoms with E-state index < -0.39 is 0 Å². The van der Waals surface area contributed by atoms with Crippen LogP contribution in [0.3, 0.4) is 0 Å². The van der Waals surface area contributed by atoms with Crippen LogP contribution in [0, 0.1) is 11.8 Å². The Labute approximate surface area is 120 Å². The predicted molar refractivity (Wildman–Crippen MR) is 80.8 cm³/mol. The number of nitrogens with zero attached hydrogens (tertiary/aromatic N) is 2. The van der Waals surface area contributed by atoms with Crippen molar-refractivity contribution >= 4 is 11.6 Å². The van der Waals surface area contributed by atoms with Gasteiger partial charge in [-0.25, -0.2) is 0 Å². The number of nitrogens with one attached hydrogen (secondary N) is 1. The van der Waals surface area contributed by atoms with Crippen molar-refractivity contribution in [2.75, 3.05) is 44.2 Å². The minimum atomic E-state index is 0.214. The van der Waals surface area contributed by atoms with Crippen LogP contribution in [0.2, 0.25) is 0 Å². The summed E-state index contributed by atoms with van der Waals surface area (Å²) in [5.41, 5.74) is 1.00. The number of likely N-dealkylation sites (N-methyl/N-ethyl adjacent to an activating group) is 1. The Hall–Kier alpha value is -1.39. The predicted octanol–water partition coefficient (Wildman–Crippen LogP) is 1.19. The molecule has 4 heteroatoms. The van der Waals surface area contributed by atoms with E-state index in [1.165, 1.54) is 0 Å². The van der Waals surface area contributed by atoms with Gasteiger partial charge in [0.2, 0.25) is 5.91 Å². The lowest BCUT2D eigenvalue weighted by atomic mass is 10.0. The first-order valence-corrected chi connectivity index (χ1v) is 7.56. The normalized spacial score (nSPS) is 25.6. The molecule has 0 aromatic heterocycles. The highest BCUT2D eigenvalue weighted by Crippen LogP contribution is 2.26. The number of para-hydroxylation sites is 1. The van der Waals surface area contributed by atoms with Crippen molar-refractivity contribution in [1.29, 1.82) is 0 Å². The van der Waals surface area contributed by atoms with Gasteiger partial charge in [0.1, 0.15) is 0 Å². The van der Waals surface area contributed by atoms with Gasteiger partial charge in [0.25, 0.3) is 0 Å². The molecule has 2 saturated heterocycles. The second-order valence-corrected chi connectivity index (χ2v) is 5.85. The molecule has 108 valence electrons. The van der Waals surface area contributed by atoms with Crippen molar-refractivity contribution in [2.45, 2.75) is 6.92 Å². The lowest BCUT2D eigenvalue weighted by Gasteiger charge is -2.24. The molecule has 2 atom stereocenters. The molecular weight excluding hydrogens is 250 g/mol. The maximum atomic E-state index is 12.5. The van der Waals surface area contributed by atoms with Gasteiger partial charge in [0, 0.05) is 25.3 Å². The van der Waals surface area contributed by atoms with Crippen molar-refractivity contribution in [1.82, 2.24) is 10.2 Å². The van der Waals surface area contributed by atoms with Crippen molar-refractivity contribution in [3.8, 4) is 0 Å². The lowest BCUT2D eigenvalue weighted by Crippen LogP contribution is -2.40. The lowest BCUT2D eigenvalue weighted by molar-refractivity contribution is -0.119. The van der Waals surface area contributed by atoms with E-state index in [9.17, 15) is 4.79 Å². The summed E-state index contributed by atoms with van der Waals surface area (Å²) >= 11 is 0. The zero-order valence-corrected chi connectivity index (χ0v) is 12.1. The molecule has 1 N–H and O–H groups in total. The molecular formula is C16H23N3O. The number of fused-ring (bicyclic) bond motifs is 1. The van der Waals surface area contributed by atoms with Crippen molar-refractivity contribution in [2.24, 2.45) is 11.8 Å². The van der Waals surface area contributed by atoms with Crippen LogP contribution in [0.25, 0.3) is 0 Å². The quantitative estimate of drug-likeness (QED) is 0.895. The number of hydrogen-bond acceptors (Lipinski definition) is 3. The third-order valence-corrected chi connectivity index (χ3v) is 4.51. The third kappa shape index (κ3) is 2.72. The summed E-state index contributed by atoms with van der Waals surface area (Å²) in [5, 5.41) is 3.44. The van der Waals surface area contributed by atoms with E-state index >= 15 is 0 Å². The fraction of sp³-hybridized carbons (Fsp3) is 0.562. The van der Waals surface area contributed by atoms with Crippen LogP contribution in [0.5, 0.6) is 0 Å². The second-order valence-electron chi connectivity index (χ2n) is 5.85. The van der Waals surface area contributed by atoms with Gasteiger partial charge in [0.15, 0.2) is 0 Å². The molecule has 2 aliphatic heterocycles. The summed E-state index contributed by atoms with van der Waals surface area (Å²) in [5.74, 6) is 1.70. The van der Waals surface area contributed by atoms with E-state index in [0.29, 0.717) is 6.54 Å². The van der Waals surface area contributed by atoms with Crippen molar-refractivity contribution < 1.29 is 4.79 Å². The van der Waals surface area contributed by atoms with E-state index in [1.807, 2.05) is 42.2 Å². The zero-order valence-electron chi connectivity index (χ0n) is 12.1. The first kappa shape index (κ1) is 13.6. The largest absolute Gasteiger partial charge is 0.316 e.